The van der Waals surface area contributed by atoms with Crippen LogP contribution in [0.4, 0.5) is 0 Å². The van der Waals surface area contributed by atoms with E-state index < -0.39 is 5.97 Å². The molecular weight excluding hydrogens is 310 g/mol. The third-order valence-electron chi connectivity index (χ3n) is 2.75. The minimum absolute atomic E-state index is 0.0152. The van der Waals surface area contributed by atoms with Gasteiger partial charge in [0.15, 0.2) is 0 Å². The number of hydrogen-bond acceptors (Lipinski definition) is 3. The Labute approximate surface area is 121 Å². The van der Waals surface area contributed by atoms with Gasteiger partial charge in [0.2, 0.25) is 0 Å². The summed E-state index contributed by atoms with van der Waals surface area (Å²) in [5.41, 5.74) is 1.49. The van der Waals surface area contributed by atoms with E-state index in [0.29, 0.717) is 12.1 Å². The van der Waals surface area contributed by atoms with Gasteiger partial charge in [-0.15, -0.1) is 0 Å². The molecule has 0 aromatic heterocycles. The highest BCUT2D eigenvalue weighted by atomic mass is 79.9. The second-order valence-corrected chi connectivity index (χ2v) is 5.18. The number of halogens is 1. The fraction of sp³-hybridized carbons (Fsp3) is 0.429. The molecule has 0 fully saturated rings. The molecule has 4 nitrogen and oxygen atoms in total. The Hall–Kier alpha value is -1.36. The van der Waals surface area contributed by atoms with Gasteiger partial charge in [0.25, 0.3) is 5.91 Å². The van der Waals surface area contributed by atoms with Crippen LogP contribution in [0.1, 0.15) is 29.3 Å². The molecule has 1 rings (SSSR count). The number of methoxy groups -OCH3 is 1. The van der Waals surface area contributed by atoms with Gasteiger partial charge in [-0.05, 0) is 37.1 Å². The van der Waals surface area contributed by atoms with Gasteiger partial charge in [0.1, 0.15) is 6.54 Å². The van der Waals surface area contributed by atoms with E-state index in [0.717, 1.165) is 16.5 Å². The van der Waals surface area contributed by atoms with Crippen molar-refractivity contribution in [3.63, 3.8) is 0 Å². The normalized spacial score (nSPS) is 10.1. The van der Waals surface area contributed by atoms with Crippen LogP contribution in [0.5, 0.6) is 0 Å². The molecule has 0 N–H and O–H groups in total. The third-order valence-corrected chi connectivity index (χ3v) is 3.24. The van der Waals surface area contributed by atoms with Crippen molar-refractivity contribution < 1.29 is 14.3 Å². The number of carbonyl (C=O) groups excluding carboxylic acids is 2. The van der Waals surface area contributed by atoms with Crippen LogP contribution in [-0.2, 0) is 9.53 Å². The zero-order valence-electron chi connectivity index (χ0n) is 11.4. The van der Waals surface area contributed by atoms with Crippen molar-refractivity contribution in [1.82, 2.24) is 4.90 Å². The van der Waals surface area contributed by atoms with Gasteiger partial charge in [-0.3, -0.25) is 9.59 Å². The Morgan fingerprint density at radius 2 is 2.05 bits per heavy atom. The van der Waals surface area contributed by atoms with Gasteiger partial charge in [-0.1, -0.05) is 22.9 Å². The van der Waals surface area contributed by atoms with Crippen molar-refractivity contribution in [2.24, 2.45) is 0 Å². The van der Waals surface area contributed by atoms with E-state index in [2.05, 4.69) is 20.7 Å². The van der Waals surface area contributed by atoms with Gasteiger partial charge in [-0.25, -0.2) is 0 Å². The molecule has 0 aliphatic carbocycles. The van der Waals surface area contributed by atoms with Crippen LogP contribution in [0.25, 0.3) is 0 Å². The lowest BCUT2D eigenvalue weighted by Gasteiger charge is -2.21. The minimum Gasteiger partial charge on any atom is -0.468 e. The van der Waals surface area contributed by atoms with Gasteiger partial charge < -0.3 is 9.64 Å². The molecule has 0 bridgehead atoms. The maximum absolute atomic E-state index is 12.4. The summed E-state index contributed by atoms with van der Waals surface area (Å²) in [5.74, 6) is -0.547. The summed E-state index contributed by atoms with van der Waals surface area (Å²) in [6, 6.07) is 5.47. The number of carbonyl (C=O) groups is 2. The number of ether oxygens (including phenoxy) is 1. The average Bonchev–Trinajstić information content (AvgIpc) is 2.37. The molecule has 1 aromatic rings. The van der Waals surface area contributed by atoms with E-state index in [4.69, 9.17) is 0 Å². The smallest absolute Gasteiger partial charge is 0.325 e. The molecule has 0 aliphatic rings. The molecule has 0 saturated heterocycles. The largest absolute Gasteiger partial charge is 0.468 e. The number of hydrogen-bond donors (Lipinski definition) is 0. The zero-order valence-corrected chi connectivity index (χ0v) is 13.0. The van der Waals surface area contributed by atoms with Gasteiger partial charge >= 0.3 is 5.97 Å². The highest BCUT2D eigenvalue weighted by molar-refractivity contribution is 9.10. The Morgan fingerprint density at radius 1 is 1.37 bits per heavy atom. The molecule has 0 spiro atoms. The number of benzene rings is 1. The first-order valence-corrected chi connectivity index (χ1v) is 6.91. The Bertz CT molecular complexity index is 474. The van der Waals surface area contributed by atoms with Crippen LogP contribution >= 0.6 is 15.9 Å². The lowest BCUT2D eigenvalue weighted by atomic mass is 10.1. The summed E-state index contributed by atoms with van der Waals surface area (Å²) < 4.78 is 5.55. The number of aryl methyl sites for hydroxylation is 1. The van der Waals surface area contributed by atoms with Gasteiger partial charge in [0.05, 0.1) is 7.11 Å². The lowest BCUT2D eigenvalue weighted by Crippen LogP contribution is -2.37. The maximum atomic E-state index is 12.4. The number of amides is 1. The molecule has 5 heteroatoms. The summed E-state index contributed by atoms with van der Waals surface area (Å²) >= 11 is 3.37. The van der Waals surface area contributed by atoms with E-state index in [1.807, 2.05) is 26.0 Å². The number of esters is 1. The second kappa shape index (κ2) is 7.28. The van der Waals surface area contributed by atoms with E-state index in [9.17, 15) is 9.59 Å². The Morgan fingerprint density at radius 3 is 2.58 bits per heavy atom. The molecule has 1 aromatic carbocycles. The monoisotopic (exact) mass is 327 g/mol. The van der Waals surface area contributed by atoms with Crippen molar-refractivity contribution in [2.75, 3.05) is 20.2 Å². The molecule has 1 amide bonds. The summed E-state index contributed by atoms with van der Waals surface area (Å²) in [6.07, 6.45) is 0.790. The zero-order chi connectivity index (χ0) is 14.4. The second-order valence-electron chi connectivity index (χ2n) is 4.26. The van der Waals surface area contributed by atoms with Crippen molar-refractivity contribution in [3.05, 3.63) is 33.8 Å². The highest BCUT2D eigenvalue weighted by Gasteiger charge is 2.19. The molecular formula is C14H18BrNO3. The summed E-state index contributed by atoms with van der Waals surface area (Å²) in [4.78, 5) is 25.3. The fourth-order valence-corrected chi connectivity index (χ4v) is 2.26. The van der Waals surface area contributed by atoms with Crippen LogP contribution in [-0.4, -0.2) is 37.0 Å². The molecule has 104 valence electrons. The SMILES string of the molecule is CCCN(CC(=O)OC)C(=O)c1ccc(Br)cc1C. The van der Waals surface area contributed by atoms with Crippen LogP contribution in [0.3, 0.4) is 0 Å². The predicted octanol–water partition coefficient (Wildman–Crippen LogP) is 2.78. The summed E-state index contributed by atoms with van der Waals surface area (Å²) in [6.45, 7) is 4.36. The number of rotatable bonds is 5. The number of nitrogens with zero attached hydrogens (tertiary/aromatic N) is 1. The maximum Gasteiger partial charge on any atom is 0.325 e. The summed E-state index contributed by atoms with van der Waals surface area (Å²) in [5, 5.41) is 0. The predicted molar refractivity (Wildman–Crippen MR) is 77.1 cm³/mol. The third kappa shape index (κ3) is 4.35. The molecule has 0 heterocycles. The average molecular weight is 328 g/mol. The minimum atomic E-state index is -0.406. The van der Waals surface area contributed by atoms with E-state index in [-0.39, 0.29) is 12.5 Å². The molecule has 19 heavy (non-hydrogen) atoms. The first-order chi connectivity index (χ1) is 8.99. The topological polar surface area (TPSA) is 46.6 Å². The molecule has 0 aliphatic heterocycles. The lowest BCUT2D eigenvalue weighted by molar-refractivity contribution is -0.141. The quantitative estimate of drug-likeness (QED) is 0.781. The molecule has 0 unspecified atom stereocenters. The van der Waals surface area contributed by atoms with Crippen LogP contribution in [0, 0.1) is 6.92 Å². The first kappa shape index (κ1) is 15.7. The van der Waals surface area contributed by atoms with Gasteiger partial charge in [0, 0.05) is 16.6 Å². The van der Waals surface area contributed by atoms with E-state index >= 15 is 0 Å². The van der Waals surface area contributed by atoms with Crippen molar-refractivity contribution >= 4 is 27.8 Å². The summed E-state index contributed by atoms with van der Waals surface area (Å²) in [7, 11) is 1.32. The van der Waals surface area contributed by atoms with Crippen molar-refractivity contribution in [2.45, 2.75) is 20.3 Å². The van der Waals surface area contributed by atoms with E-state index in [1.54, 1.807) is 6.07 Å². The first-order valence-electron chi connectivity index (χ1n) is 6.11. The van der Waals surface area contributed by atoms with Gasteiger partial charge in [-0.2, -0.15) is 0 Å². The van der Waals surface area contributed by atoms with Crippen molar-refractivity contribution in [3.8, 4) is 0 Å². The Kier molecular flexibility index (Phi) is 6.02. The highest BCUT2D eigenvalue weighted by Crippen LogP contribution is 2.17. The molecule has 0 radical (unpaired) electrons. The van der Waals surface area contributed by atoms with Crippen LogP contribution in [0.15, 0.2) is 22.7 Å². The van der Waals surface area contributed by atoms with Crippen molar-refractivity contribution in [1.29, 1.82) is 0 Å². The van der Waals surface area contributed by atoms with Crippen LogP contribution in [0.2, 0.25) is 0 Å². The Balaban J connectivity index is 2.95. The van der Waals surface area contributed by atoms with Crippen LogP contribution < -0.4 is 0 Å². The molecule has 0 saturated carbocycles. The molecule has 0 atom stereocenters. The standard InChI is InChI=1S/C14H18BrNO3/c1-4-7-16(9-13(17)19-3)14(18)12-6-5-11(15)8-10(12)2/h5-6,8H,4,7,9H2,1-3H3. The fourth-order valence-electron chi connectivity index (χ4n) is 1.78. The van der Waals surface area contributed by atoms with E-state index in [1.165, 1.54) is 12.0 Å².